The van der Waals surface area contributed by atoms with Gasteiger partial charge in [0, 0.05) is 30.1 Å². The Bertz CT molecular complexity index is 1510. The second-order valence-electron chi connectivity index (χ2n) is 9.92. The first-order valence-corrected chi connectivity index (χ1v) is 14.6. The number of anilines is 1. The number of para-hydroxylation sites is 1. The molecule has 0 fully saturated rings. The van der Waals surface area contributed by atoms with Crippen LogP contribution in [0, 0.1) is 0 Å². The standard InChI is InChI=1S/C32H33N3O5S/c36-29(37)13-7-20-35-22-28(31-33-32(38)41-34-31)40-30-25(11-6-12-27(30)35)17-14-24-15-18-26(19-16-24)39-21-5-4-10-23-8-2-1-3-9-23/h1-3,6,8-9,11-12,14-19,28H,4-5,7,10,13,20-22H2,(H,36,37)(H,33,34,38). The first-order valence-electron chi connectivity index (χ1n) is 13.8. The van der Waals surface area contributed by atoms with Crippen molar-refractivity contribution in [3.63, 3.8) is 0 Å². The molecule has 1 aliphatic rings. The number of rotatable bonds is 13. The minimum atomic E-state index is -0.824. The zero-order chi connectivity index (χ0) is 28.4. The summed E-state index contributed by atoms with van der Waals surface area (Å²) in [6.45, 7) is 1.70. The first kappa shape index (κ1) is 28.2. The van der Waals surface area contributed by atoms with Crippen molar-refractivity contribution in [2.24, 2.45) is 0 Å². The number of nitrogens with one attached hydrogen (secondary N) is 1. The van der Waals surface area contributed by atoms with E-state index in [2.05, 4.69) is 38.5 Å². The predicted molar refractivity (Wildman–Crippen MR) is 162 cm³/mol. The predicted octanol–water partition coefficient (Wildman–Crippen LogP) is 6.21. The fourth-order valence-electron chi connectivity index (χ4n) is 4.81. The molecule has 8 nitrogen and oxygen atoms in total. The number of ether oxygens (including phenoxy) is 2. The van der Waals surface area contributed by atoms with E-state index < -0.39 is 12.1 Å². The third kappa shape index (κ3) is 7.85. The molecule has 9 heteroatoms. The van der Waals surface area contributed by atoms with Crippen LogP contribution in [0.25, 0.3) is 12.2 Å². The molecule has 0 saturated heterocycles. The molecule has 5 rings (SSSR count). The Balaban J connectivity index is 1.23. The van der Waals surface area contributed by atoms with Crippen LogP contribution in [0.3, 0.4) is 0 Å². The molecule has 41 heavy (non-hydrogen) atoms. The fourth-order valence-corrected chi connectivity index (χ4v) is 5.31. The molecule has 212 valence electrons. The molecular formula is C32H33N3O5S. The van der Waals surface area contributed by atoms with Gasteiger partial charge in [0.25, 0.3) is 0 Å². The van der Waals surface area contributed by atoms with E-state index in [1.807, 2.05) is 60.7 Å². The van der Waals surface area contributed by atoms with Gasteiger partial charge in [0.15, 0.2) is 17.7 Å². The van der Waals surface area contributed by atoms with Crippen LogP contribution in [0.1, 0.15) is 54.3 Å². The van der Waals surface area contributed by atoms with Gasteiger partial charge < -0.3 is 19.5 Å². The molecule has 0 spiro atoms. The maximum absolute atomic E-state index is 11.7. The SMILES string of the molecule is O=C(O)CCCN1CC(c2nsc(=O)[nH]2)Oc2c(C=Cc3ccc(OCCCCc4ccccc4)cc3)cccc21. The Hall–Kier alpha value is -4.37. The monoisotopic (exact) mass is 571 g/mol. The van der Waals surface area contributed by atoms with Gasteiger partial charge in [-0.25, -0.2) is 0 Å². The van der Waals surface area contributed by atoms with Gasteiger partial charge in [0.1, 0.15) is 5.75 Å². The molecule has 0 amide bonds. The van der Waals surface area contributed by atoms with Crippen molar-refractivity contribution in [1.82, 2.24) is 9.36 Å². The molecule has 1 aliphatic heterocycles. The number of aliphatic carboxylic acids is 1. The van der Waals surface area contributed by atoms with Crippen LogP contribution in [-0.2, 0) is 11.2 Å². The van der Waals surface area contributed by atoms with Crippen LogP contribution in [0.15, 0.2) is 77.6 Å². The average molecular weight is 572 g/mol. The molecule has 4 aromatic rings. The summed E-state index contributed by atoms with van der Waals surface area (Å²) in [6, 6.07) is 24.4. The summed E-state index contributed by atoms with van der Waals surface area (Å²) in [4.78, 5) is 27.5. The van der Waals surface area contributed by atoms with Crippen molar-refractivity contribution in [3.8, 4) is 11.5 Å². The Kier molecular flexibility index (Phi) is 9.49. The summed E-state index contributed by atoms with van der Waals surface area (Å²) in [5.74, 6) is 1.18. The first-order chi connectivity index (χ1) is 20.0. The number of carboxylic acid groups (broad SMARTS) is 1. The van der Waals surface area contributed by atoms with Crippen LogP contribution in [0.4, 0.5) is 5.69 Å². The van der Waals surface area contributed by atoms with Crippen LogP contribution in [-0.4, -0.2) is 40.1 Å². The van der Waals surface area contributed by atoms with E-state index >= 15 is 0 Å². The molecule has 3 aromatic carbocycles. The molecule has 0 radical (unpaired) electrons. The summed E-state index contributed by atoms with van der Waals surface area (Å²) in [5, 5.41) is 9.11. The number of H-pyrrole nitrogens is 1. The molecular weight excluding hydrogens is 538 g/mol. The van der Waals surface area contributed by atoms with E-state index in [1.54, 1.807) is 0 Å². The van der Waals surface area contributed by atoms with E-state index in [-0.39, 0.29) is 11.3 Å². The quantitative estimate of drug-likeness (QED) is 0.145. The smallest absolute Gasteiger partial charge is 0.323 e. The maximum atomic E-state index is 11.7. The van der Waals surface area contributed by atoms with Crippen molar-refractivity contribution in [2.75, 3.05) is 24.6 Å². The third-order valence-corrected chi connectivity index (χ3v) is 7.46. The number of benzene rings is 3. The second-order valence-corrected chi connectivity index (χ2v) is 10.7. The lowest BCUT2D eigenvalue weighted by atomic mass is 10.1. The molecule has 2 N–H and O–H groups in total. The Morgan fingerprint density at radius 2 is 1.88 bits per heavy atom. The van der Waals surface area contributed by atoms with Gasteiger partial charge in [0.2, 0.25) is 0 Å². The number of hydrogen-bond acceptors (Lipinski definition) is 7. The molecule has 1 aromatic heterocycles. The number of aromatic nitrogens is 2. The summed E-state index contributed by atoms with van der Waals surface area (Å²) in [7, 11) is 0. The number of fused-ring (bicyclic) bond motifs is 1. The minimum absolute atomic E-state index is 0.0812. The van der Waals surface area contributed by atoms with Gasteiger partial charge in [-0.15, -0.1) is 0 Å². The van der Waals surface area contributed by atoms with E-state index in [0.29, 0.717) is 37.7 Å². The molecule has 1 atom stereocenters. The number of aromatic amines is 1. The normalized spacial score (nSPS) is 14.5. The van der Waals surface area contributed by atoms with E-state index in [9.17, 15) is 9.59 Å². The van der Waals surface area contributed by atoms with E-state index in [4.69, 9.17) is 14.6 Å². The zero-order valence-corrected chi connectivity index (χ0v) is 23.5. The van der Waals surface area contributed by atoms with Gasteiger partial charge in [-0.2, -0.15) is 4.37 Å². The number of nitrogens with zero attached hydrogens (tertiary/aromatic N) is 2. The Morgan fingerprint density at radius 1 is 1.05 bits per heavy atom. The lowest BCUT2D eigenvalue weighted by Crippen LogP contribution is -2.37. The lowest BCUT2D eigenvalue weighted by Gasteiger charge is -2.36. The van der Waals surface area contributed by atoms with Gasteiger partial charge in [-0.3, -0.25) is 14.6 Å². The molecule has 0 aliphatic carbocycles. The van der Waals surface area contributed by atoms with Crippen LogP contribution >= 0.6 is 11.5 Å². The Morgan fingerprint density at radius 3 is 2.63 bits per heavy atom. The Labute approximate surface area is 243 Å². The topological polar surface area (TPSA) is 105 Å². The second kappa shape index (κ2) is 13.8. The third-order valence-electron chi connectivity index (χ3n) is 6.90. The number of carboxylic acids is 1. The highest BCUT2D eigenvalue weighted by molar-refractivity contribution is 7.02. The van der Waals surface area contributed by atoms with Crippen LogP contribution in [0.2, 0.25) is 0 Å². The zero-order valence-electron chi connectivity index (χ0n) is 22.7. The van der Waals surface area contributed by atoms with Gasteiger partial charge in [-0.1, -0.05) is 66.7 Å². The van der Waals surface area contributed by atoms with Crippen molar-refractivity contribution in [1.29, 1.82) is 0 Å². The highest BCUT2D eigenvalue weighted by atomic mass is 32.1. The summed E-state index contributed by atoms with van der Waals surface area (Å²) in [5.41, 5.74) is 4.15. The fraction of sp³-hybridized carbons (Fsp3) is 0.281. The molecule has 2 heterocycles. The summed E-state index contributed by atoms with van der Waals surface area (Å²) < 4.78 is 16.5. The minimum Gasteiger partial charge on any atom is -0.494 e. The summed E-state index contributed by atoms with van der Waals surface area (Å²) >= 11 is 0.860. The van der Waals surface area contributed by atoms with E-state index in [0.717, 1.165) is 53.4 Å². The van der Waals surface area contributed by atoms with Crippen LogP contribution < -0.4 is 19.2 Å². The van der Waals surface area contributed by atoms with E-state index in [1.165, 1.54) is 5.56 Å². The number of aryl methyl sites for hydroxylation is 1. The van der Waals surface area contributed by atoms with Gasteiger partial charge in [-0.05, 0) is 55.0 Å². The average Bonchev–Trinajstić information content (AvgIpc) is 3.43. The van der Waals surface area contributed by atoms with Crippen molar-refractivity contribution in [3.05, 3.63) is 105 Å². The lowest BCUT2D eigenvalue weighted by molar-refractivity contribution is -0.137. The number of unbranched alkanes of at least 4 members (excludes halogenated alkanes) is 1. The van der Waals surface area contributed by atoms with Gasteiger partial charge in [0.05, 0.1) is 18.8 Å². The highest BCUT2D eigenvalue weighted by Gasteiger charge is 2.30. The van der Waals surface area contributed by atoms with Crippen molar-refractivity contribution in [2.45, 2.75) is 38.2 Å². The van der Waals surface area contributed by atoms with Crippen LogP contribution in [0.5, 0.6) is 11.5 Å². The maximum Gasteiger partial charge on any atom is 0.323 e. The number of hydrogen-bond donors (Lipinski definition) is 2. The van der Waals surface area contributed by atoms with Gasteiger partial charge >= 0.3 is 10.8 Å². The van der Waals surface area contributed by atoms with Crippen molar-refractivity contribution >= 4 is 35.3 Å². The largest absolute Gasteiger partial charge is 0.494 e. The molecule has 0 saturated carbocycles. The highest BCUT2D eigenvalue weighted by Crippen LogP contribution is 2.41. The number of carbonyl (C=O) groups is 1. The molecule has 1 unspecified atom stereocenters. The summed E-state index contributed by atoms with van der Waals surface area (Å²) in [6.07, 6.45) is 7.28. The van der Waals surface area contributed by atoms with Crippen molar-refractivity contribution < 1.29 is 19.4 Å². The molecule has 0 bridgehead atoms.